The minimum Gasteiger partial charge on any atom is -0.465 e. The molecular formula is C23H32N4O5. The number of hydrogen-bond acceptors (Lipinski definition) is 5. The summed E-state index contributed by atoms with van der Waals surface area (Å²) < 4.78 is 0. The first-order valence-electron chi connectivity index (χ1n) is 10.5. The van der Waals surface area contributed by atoms with Crippen LogP contribution in [0.1, 0.15) is 50.8 Å². The number of aliphatic hydroxyl groups is 1. The monoisotopic (exact) mass is 444 g/mol. The van der Waals surface area contributed by atoms with Crippen molar-refractivity contribution in [2.45, 2.75) is 57.8 Å². The van der Waals surface area contributed by atoms with Crippen LogP contribution in [0.25, 0.3) is 0 Å². The number of terminal acetylenes is 1. The first-order valence-corrected chi connectivity index (χ1v) is 10.5. The van der Waals surface area contributed by atoms with E-state index >= 15 is 0 Å². The van der Waals surface area contributed by atoms with Gasteiger partial charge in [-0.3, -0.25) is 9.59 Å². The number of rotatable bonds is 8. The van der Waals surface area contributed by atoms with E-state index in [1.165, 1.54) is 4.90 Å². The number of nitrogens with one attached hydrogen (secondary N) is 2. The number of carboxylic acid groups (broad SMARTS) is 1. The van der Waals surface area contributed by atoms with Crippen LogP contribution in [0.5, 0.6) is 0 Å². The van der Waals surface area contributed by atoms with Crippen LogP contribution < -0.4 is 16.4 Å². The molecule has 3 amide bonds. The zero-order chi connectivity index (χ0) is 24.1. The molecule has 0 spiro atoms. The molecule has 1 aliphatic rings. The number of benzene rings is 1. The van der Waals surface area contributed by atoms with Gasteiger partial charge in [-0.2, -0.15) is 0 Å². The van der Waals surface area contributed by atoms with Crippen LogP contribution in [0.2, 0.25) is 0 Å². The maximum atomic E-state index is 13.3. The van der Waals surface area contributed by atoms with Crippen molar-refractivity contribution in [1.82, 2.24) is 15.5 Å². The molecule has 0 aliphatic carbocycles. The summed E-state index contributed by atoms with van der Waals surface area (Å²) in [6.07, 6.45) is 3.59. The summed E-state index contributed by atoms with van der Waals surface area (Å²) in [5, 5.41) is 24.6. The standard InChI is InChI=1S/C23H32N4O5/c1-5-15-6-8-16(9-7-15)14(2)25-20(29)18-12-17(28)13-27(18)21(30)19(26-22(31)32)23(3,4)10-11-24/h1,6-9,14,17-19,26,28H,10-13,24H2,2-4H3,(H,25,29)(H,31,32)/t14-,17+,18-,19?/m0/s1. The second-order valence-corrected chi connectivity index (χ2v) is 8.80. The number of β-amino-alcohol motifs (C(OH)–C–C–N with tert-alkyl or cyclic N) is 1. The van der Waals surface area contributed by atoms with Crippen molar-refractivity contribution >= 4 is 17.9 Å². The maximum absolute atomic E-state index is 13.3. The average molecular weight is 445 g/mol. The summed E-state index contributed by atoms with van der Waals surface area (Å²) in [6.45, 7) is 5.49. The molecule has 1 heterocycles. The number of nitrogens with two attached hydrogens (primary N) is 1. The average Bonchev–Trinajstić information content (AvgIpc) is 3.13. The second-order valence-electron chi connectivity index (χ2n) is 8.80. The molecule has 0 saturated carbocycles. The zero-order valence-electron chi connectivity index (χ0n) is 18.7. The molecule has 1 unspecified atom stereocenters. The first kappa shape index (κ1) is 25.2. The number of hydrogen-bond donors (Lipinski definition) is 5. The molecule has 4 atom stereocenters. The van der Waals surface area contributed by atoms with Crippen LogP contribution in [0.15, 0.2) is 24.3 Å². The fraction of sp³-hybridized carbons (Fsp3) is 0.522. The second kappa shape index (κ2) is 10.5. The van der Waals surface area contributed by atoms with Gasteiger partial charge in [0, 0.05) is 18.5 Å². The number of carbonyl (C=O) groups is 3. The van der Waals surface area contributed by atoms with Crippen LogP contribution in [0, 0.1) is 17.8 Å². The van der Waals surface area contributed by atoms with Crippen molar-refractivity contribution in [3.8, 4) is 12.3 Å². The van der Waals surface area contributed by atoms with Gasteiger partial charge in [-0.25, -0.2) is 4.79 Å². The molecule has 1 saturated heterocycles. The van der Waals surface area contributed by atoms with Gasteiger partial charge in [0.05, 0.1) is 12.1 Å². The van der Waals surface area contributed by atoms with E-state index in [4.69, 9.17) is 12.2 Å². The Kier molecular flexibility index (Phi) is 8.25. The van der Waals surface area contributed by atoms with Crippen LogP contribution in [0.4, 0.5) is 4.79 Å². The van der Waals surface area contributed by atoms with Gasteiger partial charge in [-0.15, -0.1) is 6.42 Å². The Labute approximate surface area is 188 Å². The minimum atomic E-state index is -1.35. The lowest BCUT2D eigenvalue weighted by Gasteiger charge is -2.37. The highest BCUT2D eigenvalue weighted by molar-refractivity contribution is 5.92. The Hall–Kier alpha value is -3.09. The summed E-state index contributed by atoms with van der Waals surface area (Å²) in [4.78, 5) is 39.0. The summed E-state index contributed by atoms with van der Waals surface area (Å²) in [5.41, 5.74) is 6.42. The Bertz CT molecular complexity index is 877. The fourth-order valence-electron chi connectivity index (χ4n) is 3.96. The van der Waals surface area contributed by atoms with Gasteiger partial charge < -0.3 is 31.5 Å². The lowest BCUT2D eigenvalue weighted by Crippen LogP contribution is -2.58. The maximum Gasteiger partial charge on any atom is 0.405 e. The Balaban J connectivity index is 2.20. The molecule has 1 aromatic carbocycles. The molecule has 1 aromatic rings. The molecule has 0 bridgehead atoms. The number of likely N-dealkylation sites (tertiary alicyclic amines) is 1. The number of nitrogens with zero attached hydrogens (tertiary/aromatic N) is 1. The highest BCUT2D eigenvalue weighted by Crippen LogP contribution is 2.29. The highest BCUT2D eigenvalue weighted by atomic mass is 16.4. The van der Waals surface area contributed by atoms with Gasteiger partial charge in [-0.05, 0) is 43.0 Å². The number of aliphatic hydroxyl groups excluding tert-OH is 1. The molecule has 9 heteroatoms. The smallest absolute Gasteiger partial charge is 0.405 e. The molecule has 174 valence electrons. The predicted octanol–water partition coefficient (Wildman–Crippen LogP) is 0.818. The van der Waals surface area contributed by atoms with Crippen LogP contribution >= 0.6 is 0 Å². The van der Waals surface area contributed by atoms with Gasteiger partial charge >= 0.3 is 6.09 Å². The van der Waals surface area contributed by atoms with Crippen LogP contribution in [0.3, 0.4) is 0 Å². The van der Waals surface area contributed by atoms with Crippen molar-refractivity contribution in [3.63, 3.8) is 0 Å². The molecule has 0 aromatic heterocycles. The van der Waals surface area contributed by atoms with E-state index in [0.29, 0.717) is 6.42 Å². The topological polar surface area (TPSA) is 145 Å². The van der Waals surface area contributed by atoms with Gasteiger partial charge in [0.25, 0.3) is 0 Å². The van der Waals surface area contributed by atoms with E-state index in [-0.39, 0.29) is 25.6 Å². The van der Waals surface area contributed by atoms with E-state index in [2.05, 4.69) is 16.6 Å². The van der Waals surface area contributed by atoms with E-state index in [1.54, 1.807) is 32.9 Å². The van der Waals surface area contributed by atoms with Crippen molar-refractivity contribution < 1.29 is 24.6 Å². The van der Waals surface area contributed by atoms with Crippen molar-refractivity contribution in [2.75, 3.05) is 13.1 Å². The number of carbonyl (C=O) groups excluding carboxylic acids is 2. The van der Waals surface area contributed by atoms with E-state index in [9.17, 15) is 24.6 Å². The zero-order valence-corrected chi connectivity index (χ0v) is 18.7. The summed E-state index contributed by atoms with van der Waals surface area (Å²) in [5.74, 6) is 1.55. The molecule has 6 N–H and O–H groups in total. The molecule has 2 rings (SSSR count). The summed E-state index contributed by atoms with van der Waals surface area (Å²) in [7, 11) is 0. The lowest BCUT2D eigenvalue weighted by molar-refractivity contribution is -0.142. The van der Waals surface area contributed by atoms with E-state index in [0.717, 1.165) is 11.1 Å². The lowest BCUT2D eigenvalue weighted by atomic mass is 9.80. The fourth-order valence-corrected chi connectivity index (χ4v) is 3.96. The summed E-state index contributed by atoms with van der Waals surface area (Å²) in [6, 6.07) is 4.79. The van der Waals surface area contributed by atoms with Crippen LogP contribution in [-0.2, 0) is 9.59 Å². The van der Waals surface area contributed by atoms with Crippen molar-refractivity contribution in [2.24, 2.45) is 11.1 Å². The third-order valence-corrected chi connectivity index (χ3v) is 5.89. The van der Waals surface area contributed by atoms with E-state index < -0.39 is 41.5 Å². The quantitative estimate of drug-likeness (QED) is 0.375. The molecule has 1 fully saturated rings. The van der Waals surface area contributed by atoms with Gasteiger partial charge in [-0.1, -0.05) is 31.9 Å². The first-order chi connectivity index (χ1) is 15.0. The molecule has 9 nitrogen and oxygen atoms in total. The Morgan fingerprint density at radius 2 is 1.91 bits per heavy atom. The predicted molar refractivity (Wildman–Crippen MR) is 119 cm³/mol. The Morgan fingerprint density at radius 3 is 2.44 bits per heavy atom. The largest absolute Gasteiger partial charge is 0.465 e. The SMILES string of the molecule is C#Cc1ccc([C@H](C)NC(=O)[C@@H]2C[C@@H](O)CN2C(=O)C(NC(=O)O)C(C)(C)CCN)cc1. The number of amides is 3. The summed E-state index contributed by atoms with van der Waals surface area (Å²) >= 11 is 0. The highest BCUT2D eigenvalue weighted by Gasteiger charge is 2.45. The van der Waals surface area contributed by atoms with Crippen molar-refractivity contribution in [3.05, 3.63) is 35.4 Å². The molecule has 0 radical (unpaired) electrons. The van der Waals surface area contributed by atoms with Gasteiger partial charge in [0.2, 0.25) is 11.8 Å². The third-order valence-electron chi connectivity index (χ3n) is 5.89. The molecular weight excluding hydrogens is 412 g/mol. The third kappa shape index (κ3) is 5.99. The van der Waals surface area contributed by atoms with Gasteiger partial charge in [0.15, 0.2) is 0 Å². The Morgan fingerprint density at radius 1 is 1.28 bits per heavy atom. The van der Waals surface area contributed by atoms with Crippen LogP contribution in [-0.4, -0.2) is 64.3 Å². The normalized spacial score (nSPS) is 20.2. The van der Waals surface area contributed by atoms with Crippen molar-refractivity contribution in [1.29, 1.82) is 0 Å². The molecule has 32 heavy (non-hydrogen) atoms. The van der Waals surface area contributed by atoms with E-state index in [1.807, 2.05) is 12.1 Å². The minimum absolute atomic E-state index is 0.0569. The van der Waals surface area contributed by atoms with Gasteiger partial charge in [0.1, 0.15) is 12.1 Å². The molecule has 1 aliphatic heterocycles.